The van der Waals surface area contributed by atoms with Gasteiger partial charge in [0.25, 0.3) is 0 Å². The van der Waals surface area contributed by atoms with Crippen LogP contribution in [-0.4, -0.2) is 36.3 Å². The summed E-state index contributed by atoms with van der Waals surface area (Å²) in [5, 5.41) is 0.539. The molecule has 0 spiro atoms. The molecule has 1 saturated heterocycles. The van der Waals surface area contributed by atoms with E-state index in [0.717, 1.165) is 35.6 Å². The number of ether oxygens (including phenoxy) is 1. The summed E-state index contributed by atoms with van der Waals surface area (Å²) in [5.74, 6) is 0.716. The Morgan fingerprint density at radius 1 is 1.22 bits per heavy atom. The van der Waals surface area contributed by atoms with E-state index in [1.54, 1.807) is 0 Å². The summed E-state index contributed by atoms with van der Waals surface area (Å²) in [4.78, 5) is 11.2. The van der Waals surface area contributed by atoms with Crippen LogP contribution in [-0.2, 0) is 10.2 Å². The average molecular weight is 382 g/mol. The maximum atomic E-state index is 6.23. The number of hydrogen-bond acceptors (Lipinski definition) is 4. The van der Waals surface area contributed by atoms with Gasteiger partial charge in [-0.05, 0) is 22.6 Å². The fourth-order valence-electron chi connectivity index (χ4n) is 1.81. The lowest BCUT2D eigenvalue weighted by Crippen LogP contribution is -2.38. The summed E-state index contributed by atoms with van der Waals surface area (Å²) in [6.45, 7) is 9.49. The van der Waals surface area contributed by atoms with Crippen LogP contribution in [0.3, 0.4) is 0 Å². The zero-order chi connectivity index (χ0) is 13.3. The van der Waals surface area contributed by atoms with Crippen LogP contribution in [0.5, 0.6) is 0 Å². The van der Waals surface area contributed by atoms with Gasteiger partial charge in [0.15, 0.2) is 0 Å². The third kappa shape index (κ3) is 3.05. The van der Waals surface area contributed by atoms with Crippen molar-refractivity contribution in [2.75, 3.05) is 31.2 Å². The van der Waals surface area contributed by atoms with Gasteiger partial charge in [-0.1, -0.05) is 32.4 Å². The number of anilines is 1. The van der Waals surface area contributed by atoms with Gasteiger partial charge in [0.2, 0.25) is 5.95 Å². The van der Waals surface area contributed by atoms with Gasteiger partial charge in [-0.3, -0.25) is 0 Å². The fraction of sp³-hybridized carbons (Fsp3) is 0.667. The van der Waals surface area contributed by atoms with Crippen LogP contribution < -0.4 is 4.90 Å². The summed E-state index contributed by atoms with van der Waals surface area (Å²) < 4.78 is 6.28. The molecule has 0 N–H and O–H groups in total. The van der Waals surface area contributed by atoms with Crippen molar-refractivity contribution in [1.82, 2.24) is 9.97 Å². The molecule has 1 aromatic rings. The first kappa shape index (κ1) is 14.3. The Morgan fingerprint density at radius 3 is 2.39 bits per heavy atom. The molecule has 0 atom stereocenters. The molecular formula is C12H17ClIN3O. The highest BCUT2D eigenvalue weighted by atomic mass is 127. The van der Waals surface area contributed by atoms with E-state index in [1.165, 1.54) is 0 Å². The lowest BCUT2D eigenvalue weighted by atomic mass is 9.92. The summed E-state index contributed by atoms with van der Waals surface area (Å²) in [6, 6.07) is 0. The number of aromatic nitrogens is 2. The van der Waals surface area contributed by atoms with E-state index in [2.05, 4.69) is 53.2 Å². The maximum Gasteiger partial charge on any atom is 0.227 e. The molecule has 0 aliphatic carbocycles. The van der Waals surface area contributed by atoms with Gasteiger partial charge in [0.1, 0.15) is 5.15 Å². The van der Waals surface area contributed by atoms with E-state index in [1.807, 2.05) is 0 Å². The first-order chi connectivity index (χ1) is 8.39. The normalized spacial score (nSPS) is 17.1. The lowest BCUT2D eigenvalue weighted by Gasteiger charge is -2.29. The molecule has 2 heterocycles. The quantitative estimate of drug-likeness (QED) is 0.554. The Bertz CT molecular complexity index is 442. The molecule has 0 amide bonds. The van der Waals surface area contributed by atoms with Crippen LogP contribution in [0.2, 0.25) is 5.15 Å². The molecule has 1 aromatic heterocycles. The second-order valence-corrected chi connectivity index (χ2v) is 6.76. The zero-order valence-corrected chi connectivity index (χ0v) is 13.7. The number of hydrogen-bond donors (Lipinski definition) is 0. The molecule has 0 radical (unpaired) electrons. The summed E-state index contributed by atoms with van der Waals surface area (Å²) in [7, 11) is 0. The predicted molar refractivity (Wildman–Crippen MR) is 81.5 cm³/mol. The van der Waals surface area contributed by atoms with Gasteiger partial charge in [0, 0.05) is 18.5 Å². The summed E-state index contributed by atoms with van der Waals surface area (Å²) in [6.07, 6.45) is 0. The smallest absolute Gasteiger partial charge is 0.227 e. The van der Waals surface area contributed by atoms with Crippen LogP contribution >= 0.6 is 34.2 Å². The van der Waals surface area contributed by atoms with Crippen molar-refractivity contribution in [3.8, 4) is 0 Å². The Morgan fingerprint density at radius 2 is 1.83 bits per heavy atom. The van der Waals surface area contributed by atoms with Crippen LogP contribution in [0, 0.1) is 3.57 Å². The Labute approximate surface area is 126 Å². The van der Waals surface area contributed by atoms with E-state index >= 15 is 0 Å². The maximum absolute atomic E-state index is 6.23. The van der Waals surface area contributed by atoms with Crippen LogP contribution in [0.4, 0.5) is 5.95 Å². The van der Waals surface area contributed by atoms with Crippen molar-refractivity contribution in [3.63, 3.8) is 0 Å². The first-order valence-corrected chi connectivity index (χ1v) is 7.41. The van der Waals surface area contributed by atoms with Crippen molar-refractivity contribution < 1.29 is 4.74 Å². The first-order valence-electron chi connectivity index (χ1n) is 5.96. The monoisotopic (exact) mass is 381 g/mol. The SMILES string of the molecule is CC(C)(C)c1nc(N2CCOCC2)nc(Cl)c1I. The predicted octanol–water partition coefficient (Wildman–Crippen LogP) is 2.87. The standard InChI is InChI=1S/C12H17ClIN3O/c1-12(2,3)9-8(14)10(13)16-11(15-9)17-4-6-18-7-5-17/h4-7H2,1-3H3. The molecule has 6 heteroatoms. The number of rotatable bonds is 1. The summed E-state index contributed by atoms with van der Waals surface area (Å²) >= 11 is 8.45. The fourth-order valence-corrected chi connectivity index (χ4v) is 3.03. The molecule has 0 bridgehead atoms. The van der Waals surface area contributed by atoms with E-state index < -0.39 is 0 Å². The second kappa shape index (κ2) is 5.46. The minimum absolute atomic E-state index is 0.0376. The van der Waals surface area contributed by atoms with E-state index in [-0.39, 0.29) is 5.41 Å². The zero-order valence-electron chi connectivity index (χ0n) is 10.8. The van der Waals surface area contributed by atoms with Crippen LogP contribution in [0.15, 0.2) is 0 Å². The highest BCUT2D eigenvalue weighted by Gasteiger charge is 2.24. The molecule has 0 aromatic carbocycles. The minimum Gasteiger partial charge on any atom is -0.378 e. The molecular weight excluding hydrogens is 365 g/mol. The van der Waals surface area contributed by atoms with Crippen LogP contribution in [0.1, 0.15) is 26.5 Å². The lowest BCUT2D eigenvalue weighted by molar-refractivity contribution is 0.122. The Balaban J connectivity index is 2.40. The van der Waals surface area contributed by atoms with Gasteiger partial charge < -0.3 is 9.64 Å². The van der Waals surface area contributed by atoms with Crippen molar-refractivity contribution >= 4 is 40.1 Å². The number of nitrogens with zero attached hydrogens (tertiary/aromatic N) is 3. The molecule has 0 unspecified atom stereocenters. The largest absolute Gasteiger partial charge is 0.378 e. The molecule has 4 nitrogen and oxygen atoms in total. The third-order valence-electron chi connectivity index (χ3n) is 2.80. The Hall–Kier alpha value is -0.140. The molecule has 0 saturated carbocycles. The van der Waals surface area contributed by atoms with Crippen molar-refractivity contribution in [3.05, 3.63) is 14.4 Å². The van der Waals surface area contributed by atoms with Gasteiger partial charge >= 0.3 is 0 Å². The molecule has 18 heavy (non-hydrogen) atoms. The Kier molecular flexibility index (Phi) is 4.33. The molecule has 1 aliphatic rings. The van der Waals surface area contributed by atoms with Crippen molar-refractivity contribution in [2.45, 2.75) is 26.2 Å². The summed E-state index contributed by atoms with van der Waals surface area (Å²) in [5.41, 5.74) is 0.967. The molecule has 2 rings (SSSR count). The average Bonchev–Trinajstić information content (AvgIpc) is 2.32. The van der Waals surface area contributed by atoms with Gasteiger partial charge in [0.05, 0.1) is 22.5 Å². The highest BCUT2D eigenvalue weighted by Crippen LogP contribution is 2.31. The minimum atomic E-state index is -0.0376. The van der Waals surface area contributed by atoms with Gasteiger partial charge in [-0.2, -0.15) is 4.98 Å². The van der Waals surface area contributed by atoms with Gasteiger partial charge in [-0.15, -0.1) is 0 Å². The number of morpholine rings is 1. The van der Waals surface area contributed by atoms with E-state index in [0.29, 0.717) is 11.1 Å². The van der Waals surface area contributed by atoms with Gasteiger partial charge in [-0.25, -0.2) is 4.98 Å². The molecule has 1 fully saturated rings. The molecule has 1 aliphatic heterocycles. The third-order valence-corrected chi connectivity index (χ3v) is 4.42. The van der Waals surface area contributed by atoms with Crippen molar-refractivity contribution in [2.24, 2.45) is 0 Å². The number of halogens is 2. The topological polar surface area (TPSA) is 38.2 Å². The van der Waals surface area contributed by atoms with Crippen molar-refractivity contribution in [1.29, 1.82) is 0 Å². The second-order valence-electron chi connectivity index (χ2n) is 5.33. The highest BCUT2D eigenvalue weighted by molar-refractivity contribution is 14.1. The van der Waals surface area contributed by atoms with Crippen LogP contribution in [0.25, 0.3) is 0 Å². The molecule has 100 valence electrons. The van der Waals surface area contributed by atoms with E-state index in [4.69, 9.17) is 21.3 Å². The van der Waals surface area contributed by atoms with E-state index in [9.17, 15) is 0 Å².